The summed E-state index contributed by atoms with van der Waals surface area (Å²) in [5.74, 6) is 0.113. The van der Waals surface area contributed by atoms with Crippen LogP contribution in [0.1, 0.15) is 22.8 Å². The number of anilines is 1. The van der Waals surface area contributed by atoms with Crippen molar-refractivity contribution in [2.75, 3.05) is 12.0 Å². The van der Waals surface area contributed by atoms with Gasteiger partial charge in [0.15, 0.2) is 6.10 Å². The standard InChI is InChI=1S/C26H21N3O4S/c1-16-25(30)29(14-17-6-8-18(9-7-17)26(31)32-2)22-13-19(10-11-23(22)33-16)21-15-34-24(28-21)20-5-3-4-12-27-20/h3-13,15-16H,14H2,1-2H3. The zero-order chi connectivity index (χ0) is 23.7. The lowest BCUT2D eigenvalue weighted by Gasteiger charge is -2.33. The fraction of sp³-hybridized carbons (Fsp3) is 0.154. The van der Waals surface area contributed by atoms with Crippen LogP contribution in [0.3, 0.4) is 0 Å². The maximum atomic E-state index is 13.1. The van der Waals surface area contributed by atoms with Crippen molar-refractivity contribution in [1.82, 2.24) is 9.97 Å². The van der Waals surface area contributed by atoms with Crippen LogP contribution in [0.5, 0.6) is 5.75 Å². The van der Waals surface area contributed by atoms with Crippen LogP contribution in [-0.4, -0.2) is 35.1 Å². The molecule has 1 aliphatic rings. The average Bonchev–Trinajstić information content (AvgIpc) is 3.37. The van der Waals surface area contributed by atoms with Crippen LogP contribution in [0.25, 0.3) is 22.0 Å². The summed E-state index contributed by atoms with van der Waals surface area (Å²) < 4.78 is 10.6. The molecule has 170 valence electrons. The van der Waals surface area contributed by atoms with Gasteiger partial charge in [0.05, 0.1) is 36.3 Å². The first kappa shape index (κ1) is 21.8. The smallest absolute Gasteiger partial charge is 0.337 e. The number of methoxy groups -OCH3 is 1. The molecular weight excluding hydrogens is 450 g/mol. The molecule has 1 atom stereocenters. The number of aromatic nitrogens is 2. The number of carbonyl (C=O) groups excluding carboxylic acids is 2. The number of hydrogen-bond acceptors (Lipinski definition) is 7. The largest absolute Gasteiger partial charge is 0.479 e. The second kappa shape index (κ2) is 9.07. The molecule has 0 N–H and O–H groups in total. The summed E-state index contributed by atoms with van der Waals surface area (Å²) in [4.78, 5) is 35.6. The molecule has 0 spiro atoms. The summed E-state index contributed by atoms with van der Waals surface area (Å²) in [6.07, 6.45) is 1.15. The van der Waals surface area contributed by atoms with Gasteiger partial charge in [0.1, 0.15) is 10.8 Å². The fourth-order valence-corrected chi connectivity index (χ4v) is 4.59. The number of benzene rings is 2. The van der Waals surface area contributed by atoms with Crippen LogP contribution in [0.2, 0.25) is 0 Å². The van der Waals surface area contributed by atoms with E-state index in [-0.39, 0.29) is 5.91 Å². The van der Waals surface area contributed by atoms with E-state index in [0.29, 0.717) is 23.5 Å². The van der Waals surface area contributed by atoms with Gasteiger partial charge in [-0.05, 0) is 55.0 Å². The number of amides is 1. The Bertz CT molecular complexity index is 1350. The number of esters is 1. The molecule has 1 amide bonds. The first-order valence-electron chi connectivity index (χ1n) is 10.7. The summed E-state index contributed by atoms with van der Waals surface area (Å²) in [6.45, 7) is 2.09. The van der Waals surface area contributed by atoms with Gasteiger partial charge < -0.3 is 14.4 Å². The van der Waals surface area contributed by atoms with E-state index in [9.17, 15) is 9.59 Å². The Morgan fingerprint density at radius 1 is 1.12 bits per heavy atom. The zero-order valence-corrected chi connectivity index (χ0v) is 19.4. The normalized spacial score (nSPS) is 14.9. The van der Waals surface area contributed by atoms with Gasteiger partial charge in [-0.1, -0.05) is 18.2 Å². The molecule has 34 heavy (non-hydrogen) atoms. The molecule has 1 unspecified atom stereocenters. The Kier molecular flexibility index (Phi) is 5.81. The summed E-state index contributed by atoms with van der Waals surface area (Å²) in [7, 11) is 1.35. The van der Waals surface area contributed by atoms with Crippen molar-refractivity contribution in [3.05, 3.63) is 83.4 Å². The molecule has 1 aliphatic heterocycles. The number of thiazole rings is 1. The topological polar surface area (TPSA) is 81.6 Å². The van der Waals surface area contributed by atoms with E-state index in [1.54, 1.807) is 30.2 Å². The molecule has 0 bridgehead atoms. The minimum absolute atomic E-state index is 0.130. The van der Waals surface area contributed by atoms with Crippen molar-refractivity contribution >= 4 is 28.9 Å². The lowest BCUT2D eigenvalue weighted by molar-refractivity contribution is -0.125. The molecule has 8 heteroatoms. The highest BCUT2D eigenvalue weighted by Crippen LogP contribution is 2.39. The Balaban J connectivity index is 1.46. The highest BCUT2D eigenvalue weighted by Gasteiger charge is 2.32. The third-order valence-corrected chi connectivity index (χ3v) is 6.43. The molecule has 2 aromatic heterocycles. The van der Waals surface area contributed by atoms with E-state index >= 15 is 0 Å². The zero-order valence-electron chi connectivity index (χ0n) is 18.6. The van der Waals surface area contributed by atoms with Crippen molar-refractivity contribution in [3.63, 3.8) is 0 Å². The van der Waals surface area contributed by atoms with Gasteiger partial charge >= 0.3 is 5.97 Å². The molecule has 0 saturated heterocycles. The molecule has 0 saturated carbocycles. The lowest BCUT2D eigenvalue weighted by atomic mass is 10.1. The van der Waals surface area contributed by atoms with Crippen molar-refractivity contribution < 1.29 is 19.1 Å². The van der Waals surface area contributed by atoms with Crippen molar-refractivity contribution in [1.29, 1.82) is 0 Å². The minimum atomic E-state index is -0.595. The van der Waals surface area contributed by atoms with E-state index in [4.69, 9.17) is 14.5 Å². The summed E-state index contributed by atoms with van der Waals surface area (Å²) in [5.41, 5.74) is 4.54. The lowest BCUT2D eigenvalue weighted by Crippen LogP contribution is -2.44. The van der Waals surface area contributed by atoms with Crippen LogP contribution < -0.4 is 9.64 Å². The third-order valence-electron chi connectivity index (χ3n) is 5.57. The van der Waals surface area contributed by atoms with Gasteiger partial charge in [-0.3, -0.25) is 9.78 Å². The van der Waals surface area contributed by atoms with Crippen molar-refractivity contribution in [2.45, 2.75) is 19.6 Å². The van der Waals surface area contributed by atoms with E-state index in [2.05, 4.69) is 4.98 Å². The molecule has 0 radical (unpaired) electrons. The van der Waals surface area contributed by atoms with Gasteiger partial charge in [0.2, 0.25) is 0 Å². The van der Waals surface area contributed by atoms with E-state index in [1.165, 1.54) is 18.4 Å². The molecule has 0 fully saturated rings. The summed E-state index contributed by atoms with van der Waals surface area (Å²) >= 11 is 1.52. The van der Waals surface area contributed by atoms with Gasteiger partial charge in [-0.25, -0.2) is 9.78 Å². The molecule has 7 nitrogen and oxygen atoms in total. The van der Waals surface area contributed by atoms with Gasteiger partial charge in [0, 0.05) is 17.1 Å². The molecule has 3 heterocycles. The first-order chi connectivity index (χ1) is 16.5. The molecular formula is C26H21N3O4S. The third kappa shape index (κ3) is 4.15. The quantitative estimate of drug-likeness (QED) is 0.382. The summed E-state index contributed by atoms with van der Waals surface area (Å²) in [6, 6.07) is 18.5. The second-order valence-electron chi connectivity index (χ2n) is 7.81. The van der Waals surface area contributed by atoms with Crippen LogP contribution in [0, 0.1) is 0 Å². The number of rotatable bonds is 5. The van der Waals surface area contributed by atoms with Crippen LogP contribution in [0.15, 0.2) is 72.2 Å². The average molecular weight is 472 g/mol. The van der Waals surface area contributed by atoms with Crippen LogP contribution in [-0.2, 0) is 16.1 Å². The number of fused-ring (bicyclic) bond motifs is 1. The van der Waals surface area contributed by atoms with Crippen molar-refractivity contribution in [3.8, 4) is 27.7 Å². The van der Waals surface area contributed by atoms with E-state index in [1.807, 2.05) is 53.9 Å². The minimum Gasteiger partial charge on any atom is -0.479 e. The number of pyridine rings is 1. The Hall–Kier alpha value is -4.04. The Morgan fingerprint density at radius 2 is 1.94 bits per heavy atom. The maximum absolute atomic E-state index is 13.1. The molecule has 0 aliphatic carbocycles. The maximum Gasteiger partial charge on any atom is 0.337 e. The number of nitrogens with zero attached hydrogens (tertiary/aromatic N) is 3. The van der Waals surface area contributed by atoms with E-state index in [0.717, 1.165) is 27.5 Å². The van der Waals surface area contributed by atoms with Crippen molar-refractivity contribution in [2.24, 2.45) is 0 Å². The van der Waals surface area contributed by atoms with Crippen LogP contribution in [0.4, 0.5) is 5.69 Å². The van der Waals surface area contributed by atoms with E-state index < -0.39 is 12.1 Å². The molecule has 2 aromatic carbocycles. The van der Waals surface area contributed by atoms with Gasteiger partial charge in [-0.15, -0.1) is 11.3 Å². The number of hydrogen-bond donors (Lipinski definition) is 0. The second-order valence-corrected chi connectivity index (χ2v) is 8.67. The van der Waals surface area contributed by atoms with Gasteiger partial charge in [0.25, 0.3) is 5.91 Å². The Morgan fingerprint density at radius 3 is 2.68 bits per heavy atom. The fourth-order valence-electron chi connectivity index (χ4n) is 3.79. The summed E-state index contributed by atoms with van der Waals surface area (Å²) in [5, 5.41) is 2.81. The predicted octanol–water partition coefficient (Wildman–Crippen LogP) is 4.97. The molecule has 5 rings (SSSR count). The highest BCUT2D eigenvalue weighted by atomic mass is 32.1. The highest BCUT2D eigenvalue weighted by molar-refractivity contribution is 7.13. The van der Waals surface area contributed by atoms with Gasteiger partial charge in [-0.2, -0.15) is 0 Å². The number of carbonyl (C=O) groups is 2. The van der Waals surface area contributed by atoms with Crippen LogP contribution >= 0.6 is 11.3 Å². The number of ether oxygens (including phenoxy) is 2. The Labute approximate surface area is 200 Å². The molecule has 4 aromatic rings. The predicted molar refractivity (Wildman–Crippen MR) is 130 cm³/mol. The first-order valence-corrected chi connectivity index (χ1v) is 11.6. The monoisotopic (exact) mass is 471 g/mol. The SMILES string of the molecule is COC(=O)c1ccc(CN2C(=O)C(C)Oc3ccc(-c4csc(-c5ccccn5)n4)cc32)cc1.